The Labute approximate surface area is 164 Å². The number of ether oxygens (including phenoxy) is 1. The van der Waals surface area contributed by atoms with Crippen LogP contribution in [0.5, 0.6) is 11.5 Å². The molecule has 0 atom stereocenters. The summed E-state index contributed by atoms with van der Waals surface area (Å²) in [5.74, 6) is 1.01. The quantitative estimate of drug-likeness (QED) is 0.712. The van der Waals surface area contributed by atoms with Gasteiger partial charge in [-0.25, -0.2) is 0 Å². The molecule has 7 heteroatoms. The molecule has 0 spiro atoms. The van der Waals surface area contributed by atoms with Crippen molar-refractivity contribution in [1.29, 1.82) is 0 Å². The van der Waals surface area contributed by atoms with Gasteiger partial charge in [0, 0.05) is 36.9 Å². The number of phenols is 1. The number of hydrogen-bond acceptors (Lipinski definition) is 5. The second-order valence-electron chi connectivity index (χ2n) is 6.43. The lowest BCUT2D eigenvalue weighted by molar-refractivity contribution is -0.122. The number of hydrogen-bond donors (Lipinski definition) is 2. The molecule has 1 fully saturated rings. The Hall–Kier alpha value is -2.44. The Bertz CT molecular complexity index is 729. The van der Waals surface area contributed by atoms with Crippen LogP contribution < -0.4 is 15.0 Å². The molecule has 1 amide bonds. The Morgan fingerprint density at radius 1 is 1.04 bits per heavy atom. The Balaban J connectivity index is 1.32. The molecule has 2 aromatic carbocycles. The molecule has 1 aliphatic rings. The number of nitrogens with zero attached hydrogens (tertiary/aromatic N) is 2. The second-order valence-corrected chi connectivity index (χ2v) is 6.87. The van der Waals surface area contributed by atoms with E-state index in [1.54, 1.807) is 36.4 Å². The summed E-state index contributed by atoms with van der Waals surface area (Å²) in [6.45, 7) is 4.65. The fourth-order valence-electron chi connectivity index (χ4n) is 2.98. The van der Waals surface area contributed by atoms with E-state index in [-0.39, 0.29) is 11.7 Å². The van der Waals surface area contributed by atoms with E-state index < -0.39 is 0 Å². The number of halogens is 1. The van der Waals surface area contributed by atoms with Crippen molar-refractivity contribution >= 4 is 23.2 Å². The van der Waals surface area contributed by atoms with Crippen LogP contribution in [0.2, 0.25) is 5.02 Å². The van der Waals surface area contributed by atoms with Crippen LogP contribution in [-0.2, 0) is 4.79 Å². The van der Waals surface area contributed by atoms with Crippen molar-refractivity contribution in [2.75, 3.05) is 50.8 Å². The van der Waals surface area contributed by atoms with Crippen molar-refractivity contribution in [3.8, 4) is 11.5 Å². The second kappa shape index (κ2) is 9.48. The van der Waals surface area contributed by atoms with Crippen LogP contribution in [0.3, 0.4) is 0 Å². The number of carbonyl (C=O) groups is 1. The third kappa shape index (κ3) is 6.05. The zero-order valence-corrected chi connectivity index (χ0v) is 15.9. The summed E-state index contributed by atoms with van der Waals surface area (Å²) in [4.78, 5) is 16.5. The Kier molecular flexibility index (Phi) is 6.79. The normalized spacial score (nSPS) is 14.8. The van der Waals surface area contributed by atoms with Gasteiger partial charge in [-0.15, -0.1) is 0 Å². The molecule has 3 rings (SSSR count). The molecule has 1 heterocycles. The number of nitrogens with one attached hydrogen (secondary N) is 1. The van der Waals surface area contributed by atoms with Crippen LogP contribution in [0.1, 0.15) is 0 Å². The minimum atomic E-state index is 0.00721. The maximum atomic E-state index is 12.1. The van der Waals surface area contributed by atoms with Gasteiger partial charge in [0.15, 0.2) is 0 Å². The van der Waals surface area contributed by atoms with Crippen molar-refractivity contribution in [2.45, 2.75) is 0 Å². The van der Waals surface area contributed by atoms with Crippen LogP contribution in [0.25, 0.3) is 0 Å². The zero-order chi connectivity index (χ0) is 19.1. The van der Waals surface area contributed by atoms with Crippen molar-refractivity contribution in [3.05, 3.63) is 53.6 Å². The minimum Gasteiger partial charge on any atom is -0.508 e. The van der Waals surface area contributed by atoms with E-state index in [4.69, 9.17) is 16.3 Å². The smallest absolute Gasteiger partial charge is 0.234 e. The molecule has 144 valence electrons. The van der Waals surface area contributed by atoms with Gasteiger partial charge in [-0.2, -0.15) is 0 Å². The number of piperazine rings is 1. The van der Waals surface area contributed by atoms with Gasteiger partial charge in [0.1, 0.15) is 18.1 Å². The monoisotopic (exact) mass is 389 g/mol. The number of aromatic hydroxyl groups is 1. The number of phenolic OH excluding ortho intramolecular Hbond substituents is 1. The SMILES string of the molecule is O=C(CN1CCN(c2ccc(O)cc2)CC1)NCCOc1ccc(Cl)cc1. The van der Waals surface area contributed by atoms with Gasteiger partial charge in [-0.1, -0.05) is 11.6 Å². The van der Waals surface area contributed by atoms with Gasteiger partial charge >= 0.3 is 0 Å². The van der Waals surface area contributed by atoms with Crippen LogP contribution in [0, 0.1) is 0 Å². The van der Waals surface area contributed by atoms with Gasteiger partial charge < -0.3 is 20.1 Å². The Morgan fingerprint density at radius 2 is 1.70 bits per heavy atom. The van der Waals surface area contributed by atoms with Crippen LogP contribution in [-0.4, -0.2) is 61.8 Å². The number of benzene rings is 2. The summed E-state index contributed by atoms with van der Waals surface area (Å²) >= 11 is 5.83. The lowest BCUT2D eigenvalue weighted by atomic mass is 10.2. The summed E-state index contributed by atoms with van der Waals surface area (Å²) in [5.41, 5.74) is 1.09. The maximum Gasteiger partial charge on any atom is 0.234 e. The largest absolute Gasteiger partial charge is 0.508 e. The van der Waals surface area contributed by atoms with E-state index >= 15 is 0 Å². The fourth-order valence-corrected chi connectivity index (χ4v) is 3.10. The average Bonchev–Trinajstić information content (AvgIpc) is 2.68. The fraction of sp³-hybridized carbons (Fsp3) is 0.350. The number of carbonyl (C=O) groups excluding carboxylic acids is 1. The predicted molar refractivity (Wildman–Crippen MR) is 107 cm³/mol. The molecule has 6 nitrogen and oxygen atoms in total. The molecule has 0 saturated carbocycles. The minimum absolute atomic E-state index is 0.00721. The first-order valence-corrected chi connectivity index (χ1v) is 9.39. The molecule has 0 radical (unpaired) electrons. The van der Waals surface area contributed by atoms with E-state index in [1.165, 1.54) is 0 Å². The summed E-state index contributed by atoms with van der Waals surface area (Å²) in [6, 6.07) is 14.4. The van der Waals surface area contributed by atoms with Gasteiger partial charge in [-0.05, 0) is 48.5 Å². The first-order chi connectivity index (χ1) is 13.1. The van der Waals surface area contributed by atoms with Crippen molar-refractivity contribution in [1.82, 2.24) is 10.2 Å². The number of rotatable bonds is 7. The van der Waals surface area contributed by atoms with Gasteiger partial charge in [-0.3, -0.25) is 9.69 Å². The third-order valence-corrected chi connectivity index (χ3v) is 4.71. The highest BCUT2D eigenvalue weighted by molar-refractivity contribution is 6.30. The lowest BCUT2D eigenvalue weighted by Crippen LogP contribution is -2.49. The third-order valence-electron chi connectivity index (χ3n) is 4.46. The molecule has 1 saturated heterocycles. The number of amides is 1. The van der Waals surface area contributed by atoms with Gasteiger partial charge in [0.2, 0.25) is 5.91 Å². The van der Waals surface area contributed by atoms with Gasteiger partial charge in [0.25, 0.3) is 0 Å². The van der Waals surface area contributed by atoms with E-state index in [1.807, 2.05) is 12.1 Å². The summed E-state index contributed by atoms with van der Waals surface area (Å²) in [5, 5.41) is 12.9. The number of anilines is 1. The van der Waals surface area contributed by atoms with Crippen LogP contribution in [0.4, 0.5) is 5.69 Å². The molecule has 0 aliphatic carbocycles. The lowest BCUT2D eigenvalue weighted by Gasteiger charge is -2.35. The Morgan fingerprint density at radius 3 is 2.37 bits per heavy atom. The summed E-state index contributed by atoms with van der Waals surface area (Å²) in [6.07, 6.45) is 0. The molecule has 2 N–H and O–H groups in total. The van der Waals surface area contributed by atoms with Gasteiger partial charge in [0.05, 0.1) is 13.1 Å². The molecule has 0 unspecified atom stereocenters. The van der Waals surface area contributed by atoms with E-state index in [0.29, 0.717) is 24.7 Å². The predicted octanol–water partition coefficient (Wildman–Crippen LogP) is 2.36. The molecular formula is C20H24ClN3O3. The summed E-state index contributed by atoms with van der Waals surface area (Å²) < 4.78 is 5.56. The maximum absolute atomic E-state index is 12.1. The highest BCUT2D eigenvalue weighted by Crippen LogP contribution is 2.19. The highest BCUT2D eigenvalue weighted by atomic mass is 35.5. The van der Waals surface area contributed by atoms with E-state index in [2.05, 4.69) is 15.1 Å². The molecule has 2 aromatic rings. The standard InChI is InChI=1S/C20H24ClN3O3/c21-16-1-7-19(8-2-16)27-14-9-22-20(26)15-23-10-12-24(13-11-23)17-3-5-18(25)6-4-17/h1-8,25H,9-15H2,(H,22,26). The van der Waals surface area contributed by atoms with Crippen LogP contribution in [0.15, 0.2) is 48.5 Å². The molecule has 0 bridgehead atoms. The first kappa shape index (κ1) is 19.3. The molecule has 1 aliphatic heterocycles. The van der Waals surface area contributed by atoms with E-state index in [9.17, 15) is 9.90 Å². The zero-order valence-electron chi connectivity index (χ0n) is 15.1. The molecule has 27 heavy (non-hydrogen) atoms. The van der Waals surface area contributed by atoms with Crippen molar-refractivity contribution in [2.24, 2.45) is 0 Å². The van der Waals surface area contributed by atoms with Crippen LogP contribution >= 0.6 is 11.6 Å². The average molecular weight is 390 g/mol. The first-order valence-electron chi connectivity index (χ1n) is 9.01. The molecular weight excluding hydrogens is 366 g/mol. The molecule has 0 aromatic heterocycles. The van der Waals surface area contributed by atoms with E-state index in [0.717, 1.165) is 37.6 Å². The summed E-state index contributed by atoms with van der Waals surface area (Å²) in [7, 11) is 0. The topological polar surface area (TPSA) is 65.0 Å². The van der Waals surface area contributed by atoms with Crippen molar-refractivity contribution in [3.63, 3.8) is 0 Å². The van der Waals surface area contributed by atoms with Crippen molar-refractivity contribution < 1.29 is 14.6 Å². The highest BCUT2D eigenvalue weighted by Gasteiger charge is 2.19.